The SMILES string of the molecule is CC(C)CNCc1ccnc(-c2ccc(F)c(Cl)c2)n1. The van der Waals surface area contributed by atoms with Crippen molar-refractivity contribution in [2.45, 2.75) is 20.4 Å². The topological polar surface area (TPSA) is 37.8 Å². The first-order valence-corrected chi connectivity index (χ1v) is 6.92. The predicted molar refractivity (Wildman–Crippen MR) is 79.0 cm³/mol. The molecule has 1 aromatic carbocycles. The van der Waals surface area contributed by atoms with Gasteiger partial charge in [0.25, 0.3) is 0 Å². The van der Waals surface area contributed by atoms with Gasteiger partial charge < -0.3 is 5.32 Å². The van der Waals surface area contributed by atoms with Gasteiger partial charge in [0.2, 0.25) is 0 Å². The van der Waals surface area contributed by atoms with Crippen molar-refractivity contribution in [1.29, 1.82) is 0 Å². The minimum absolute atomic E-state index is 0.0782. The van der Waals surface area contributed by atoms with Gasteiger partial charge >= 0.3 is 0 Å². The van der Waals surface area contributed by atoms with Crippen LogP contribution in [0.3, 0.4) is 0 Å². The van der Waals surface area contributed by atoms with Crippen LogP contribution in [-0.4, -0.2) is 16.5 Å². The average molecular weight is 294 g/mol. The highest BCUT2D eigenvalue weighted by atomic mass is 35.5. The second-order valence-electron chi connectivity index (χ2n) is 5.03. The van der Waals surface area contributed by atoms with E-state index in [9.17, 15) is 4.39 Å². The van der Waals surface area contributed by atoms with Crippen LogP contribution in [-0.2, 0) is 6.54 Å². The highest BCUT2D eigenvalue weighted by Crippen LogP contribution is 2.22. The molecule has 1 N–H and O–H groups in total. The van der Waals surface area contributed by atoms with Crippen LogP contribution in [0.15, 0.2) is 30.5 Å². The van der Waals surface area contributed by atoms with Crippen molar-refractivity contribution in [2.24, 2.45) is 5.92 Å². The molecule has 0 bridgehead atoms. The summed E-state index contributed by atoms with van der Waals surface area (Å²) in [5.74, 6) is 0.702. The summed E-state index contributed by atoms with van der Waals surface area (Å²) in [6.45, 7) is 5.92. The number of nitrogens with one attached hydrogen (secondary N) is 1. The van der Waals surface area contributed by atoms with E-state index in [2.05, 4.69) is 29.1 Å². The number of hydrogen-bond acceptors (Lipinski definition) is 3. The first kappa shape index (κ1) is 14.9. The third-order valence-corrected chi connectivity index (χ3v) is 3.04. The molecular weight excluding hydrogens is 277 g/mol. The van der Waals surface area contributed by atoms with Gasteiger partial charge in [-0.3, -0.25) is 0 Å². The van der Waals surface area contributed by atoms with E-state index < -0.39 is 5.82 Å². The van der Waals surface area contributed by atoms with Crippen molar-refractivity contribution in [1.82, 2.24) is 15.3 Å². The molecule has 1 aromatic heterocycles. The fraction of sp³-hybridized carbons (Fsp3) is 0.333. The van der Waals surface area contributed by atoms with Crippen molar-refractivity contribution in [2.75, 3.05) is 6.54 Å². The zero-order valence-corrected chi connectivity index (χ0v) is 12.3. The minimum atomic E-state index is -0.440. The summed E-state index contributed by atoms with van der Waals surface area (Å²) in [7, 11) is 0. The van der Waals surface area contributed by atoms with E-state index in [0.29, 0.717) is 23.9 Å². The Kier molecular flexibility index (Phi) is 5.04. The lowest BCUT2D eigenvalue weighted by atomic mass is 10.2. The second kappa shape index (κ2) is 6.77. The molecule has 2 rings (SSSR count). The first-order chi connectivity index (χ1) is 9.56. The van der Waals surface area contributed by atoms with Gasteiger partial charge in [0, 0.05) is 18.3 Å². The molecule has 0 radical (unpaired) electrons. The lowest BCUT2D eigenvalue weighted by Gasteiger charge is -2.08. The van der Waals surface area contributed by atoms with Crippen LogP contribution in [0.25, 0.3) is 11.4 Å². The molecule has 0 aliphatic heterocycles. The van der Waals surface area contributed by atoms with Gasteiger partial charge in [0.1, 0.15) is 5.82 Å². The number of nitrogens with zero attached hydrogens (tertiary/aromatic N) is 2. The molecular formula is C15H17ClFN3. The summed E-state index contributed by atoms with van der Waals surface area (Å²) in [6.07, 6.45) is 1.70. The van der Waals surface area contributed by atoms with E-state index in [1.54, 1.807) is 12.3 Å². The highest BCUT2D eigenvalue weighted by Gasteiger charge is 2.06. The zero-order chi connectivity index (χ0) is 14.5. The standard InChI is InChI=1S/C15H17ClFN3/c1-10(2)8-18-9-12-5-6-19-15(20-12)11-3-4-14(17)13(16)7-11/h3-7,10,18H,8-9H2,1-2H3. The quantitative estimate of drug-likeness (QED) is 0.914. The Morgan fingerprint density at radius 1 is 1.30 bits per heavy atom. The summed E-state index contributed by atoms with van der Waals surface area (Å²) in [5, 5.41) is 3.40. The Morgan fingerprint density at radius 2 is 2.10 bits per heavy atom. The molecule has 106 valence electrons. The van der Waals surface area contributed by atoms with E-state index in [4.69, 9.17) is 11.6 Å². The molecule has 0 saturated carbocycles. The van der Waals surface area contributed by atoms with Gasteiger partial charge in [-0.2, -0.15) is 0 Å². The zero-order valence-electron chi connectivity index (χ0n) is 11.5. The maximum atomic E-state index is 13.2. The van der Waals surface area contributed by atoms with E-state index in [-0.39, 0.29) is 5.02 Å². The van der Waals surface area contributed by atoms with Crippen molar-refractivity contribution < 1.29 is 4.39 Å². The smallest absolute Gasteiger partial charge is 0.159 e. The molecule has 0 spiro atoms. The van der Waals surface area contributed by atoms with Crippen LogP contribution < -0.4 is 5.32 Å². The maximum absolute atomic E-state index is 13.2. The van der Waals surface area contributed by atoms with Crippen molar-refractivity contribution in [3.05, 3.63) is 47.0 Å². The van der Waals surface area contributed by atoms with Crippen LogP contribution in [0, 0.1) is 11.7 Å². The molecule has 3 nitrogen and oxygen atoms in total. The second-order valence-corrected chi connectivity index (χ2v) is 5.43. The van der Waals surface area contributed by atoms with E-state index >= 15 is 0 Å². The number of benzene rings is 1. The minimum Gasteiger partial charge on any atom is -0.311 e. The Balaban J connectivity index is 2.14. The predicted octanol–water partition coefficient (Wildman–Crippen LogP) is 3.68. The molecule has 20 heavy (non-hydrogen) atoms. The summed E-state index contributed by atoms with van der Waals surface area (Å²) in [6, 6.07) is 6.35. The molecule has 0 unspecified atom stereocenters. The van der Waals surface area contributed by atoms with Crippen LogP contribution in [0.4, 0.5) is 4.39 Å². The summed E-state index contributed by atoms with van der Waals surface area (Å²) < 4.78 is 13.2. The van der Waals surface area contributed by atoms with E-state index in [1.807, 2.05) is 6.07 Å². The molecule has 0 fully saturated rings. The van der Waals surface area contributed by atoms with Gasteiger partial charge in [-0.15, -0.1) is 0 Å². The summed E-state index contributed by atoms with van der Waals surface area (Å²) in [5.41, 5.74) is 1.61. The number of hydrogen-bond donors (Lipinski definition) is 1. The lowest BCUT2D eigenvalue weighted by Crippen LogP contribution is -2.19. The molecule has 0 atom stereocenters. The van der Waals surface area contributed by atoms with Crippen LogP contribution >= 0.6 is 11.6 Å². The number of rotatable bonds is 5. The van der Waals surface area contributed by atoms with Gasteiger partial charge in [0.05, 0.1) is 10.7 Å². The third-order valence-electron chi connectivity index (χ3n) is 2.75. The van der Waals surface area contributed by atoms with Gasteiger partial charge in [-0.1, -0.05) is 25.4 Å². The fourth-order valence-corrected chi connectivity index (χ4v) is 1.94. The number of aromatic nitrogens is 2. The first-order valence-electron chi connectivity index (χ1n) is 6.54. The molecule has 0 aliphatic rings. The monoisotopic (exact) mass is 293 g/mol. The van der Waals surface area contributed by atoms with Gasteiger partial charge in [0.15, 0.2) is 5.82 Å². The maximum Gasteiger partial charge on any atom is 0.159 e. The molecule has 0 amide bonds. The van der Waals surface area contributed by atoms with Crippen LogP contribution in [0.5, 0.6) is 0 Å². The number of halogens is 2. The normalized spacial score (nSPS) is 11.1. The molecule has 0 saturated heterocycles. The molecule has 2 aromatic rings. The average Bonchev–Trinajstić information content (AvgIpc) is 2.42. The molecule has 0 aliphatic carbocycles. The largest absolute Gasteiger partial charge is 0.311 e. The van der Waals surface area contributed by atoms with Crippen LogP contribution in [0.2, 0.25) is 5.02 Å². The van der Waals surface area contributed by atoms with E-state index in [1.165, 1.54) is 12.1 Å². The van der Waals surface area contributed by atoms with Gasteiger partial charge in [-0.25, -0.2) is 14.4 Å². The Morgan fingerprint density at radius 3 is 2.80 bits per heavy atom. The fourth-order valence-electron chi connectivity index (χ4n) is 1.76. The Bertz CT molecular complexity index is 587. The summed E-state index contributed by atoms with van der Waals surface area (Å²) in [4.78, 5) is 8.66. The van der Waals surface area contributed by atoms with Crippen molar-refractivity contribution in [3.63, 3.8) is 0 Å². The molecule has 1 heterocycles. The van der Waals surface area contributed by atoms with Crippen molar-refractivity contribution >= 4 is 11.6 Å². The lowest BCUT2D eigenvalue weighted by molar-refractivity contribution is 0.548. The van der Waals surface area contributed by atoms with E-state index in [0.717, 1.165) is 12.2 Å². The highest BCUT2D eigenvalue weighted by molar-refractivity contribution is 6.31. The van der Waals surface area contributed by atoms with Gasteiger partial charge in [-0.05, 0) is 36.7 Å². The molecule has 5 heteroatoms. The summed E-state index contributed by atoms with van der Waals surface area (Å²) >= 11 is 5.78. The Labute approximate surface area is 123 Å². The van der Waals surface area contributed by atoms with Crippen molar-refractivity contribution in [3.8, 4) is 11.4 Å². The van der Waals surface area contributed by atoms with Crippen LogP contribution in [0.1, 0.15) is 19.5 Å². The third kappa shape index (κ3) is 3.99. The Hall–Kier alpha value is -1.52.